The molecule has 2 aromatic rings. The van der Waals surface area contributed by atoms with Crippen molar-refractivity contribution in [3.8, 4) is 5.75 Å². The molecule has 0 spiro atoms. The van der Waals surface area contributed by atoms with Gasteiger partial charge < -0.3 is 4.74 Å². The standard InChI is InChI=1S/C12H12FNOS/c1-3-9(13)7-15-10-4-5-12-11(6-10)14-8(2)16-12/h3-6H,7H2,1-2H3. The van der Waals surface area contributed by atoms with Crippen molar-refractivity contribution >= 4 is 21.6 Å². The van der Waals surface area contributed by atoms with Crippen molar-refractivity contribution in [3.05, 3.63) is 35.1 Å². The Bertz CT molecular complexity index is 533. The van der Waals surface area contributed by atoms with Crippen molar-refractivity contribution in [2.45, 2.75) is 13.8 Å². The fraction of sp³-hybridized carbons (Fsp3) is 0.250. The second-order valence-corrected chi connectivity index (χ2v) is 4.62. The minimum atomic E-state index is -0.269. The van der Waals surface area contributed by atoms with E-state index in [9.17, 15) is 4.39 Å². The maximum atomic E-state index is 12.9. The first-order chi connectivity index (χ1) is 7.69. The molecule has 4 heteroatoms. The molecule has 1 aromatic heterocycles. The summed E-state index contributed by atoms with van der Waals surface area (Å²) in [5.74, 6) is 0.379. The number of nitrogens with zero attached hydrogens (tertiary/aromatic N) is 1. The number of rotatable bonds is 3. The minimum Gasteiger partial charge on any atom is -0.486 e. The van der Waals surface area contributed by atoms with Gasteiger partial charge in [0.2, 0.25) is 0 Å². The van der Waals surface area contributed by atoms with Crippen molar-refractivity contribution in [1.82, 2.24) is 4.98 Å². The maximum Gasteiger partial charge on any atom is 0.139 e. The lowest BCUT2D eigenvalue weighted by Crippen LogP contribution is -1.97. The third kappa shape index (κ3) is 2.39. The number of fused-ring (bicyclic) bond motifs is 1. The first-order valence-corrected chi connectivity index (χ1v) is 5.81. The third-order valence-corrected chi connectivity index (χ3v) is 3.11. The second-order valence-electron chi connectivity index (χ2n) is 3.39. The van der Waals surface area contributed by atoms with Crippen LogP contribution in [-0.4, -0.2) is 11.6 Å². The number of benzene rings is 1. The van der Waals surface area contributed by atoms with Crippen LogP contribution in [0.25, 0.3) is 10.2 Å². The van der Waals surface area contributed by atoms with Gasteiger partial charge in [-0.25, -0.2) is 9.37 Å². The normalized spacial score (nSPS) is 12.1. The fourth-order valence-electron chi connectivity index (χ4n) is 1.35. The summed E-state index contributed by atoms with van der Waals surface area (Å²) in [6.07, 6.45) is 1.39. The molecule has 0 aliphatic heterocycles. The second kappa shape index (κ2) is 4.61. The number of hydrogen-bond acceptors (Lipinski definition) is 3. The van der Waals surface area contributed by atoms with E-state index in [4.69, 9.17) is 4.74 Å². The van der Waals surface area contributed by atoms with E-state index in [1.54, 1.807) is 18.3 Å². The molecule has 2 rings (SSSR count). The summed E-state index contributed by atoms with van der Waals surface area (Å²) in [7, 11) is 0. The summed E-state index contributed by atoms with van der Waals surface area (Å²) in [5.41, 5.74) is 0.904. The van der Waals surface area contributed by atoms with Crippen molar-refractivity contribution < 1.29 is 9.13 Å². The van der Waals surface area contributed by atoms with Crippen LogP contribution < -0.4 is 4.74 Å². The molecule has 2 nitrogen and oxygen atoms in total. The molecule has 0 saturated heterocycles. The summed E-state index contributed by atoms with van der Waals surface area (Å²) >= 11 is 1.64. The van der Waals surface area contributed by atoms with Crippen LogP contribution >= 0.6 is 11.3 Å². The number of thiazole rings is 1. The Balaban J connectivity index is 2.19. The number of aryl methyl sites for hydroxylation is 1. The highest BCUT2D eigenvalue weighted by atomic mass is 32.1. The molecular weight excluding hydrogens is 225 g/mol. The zero-order valence-corrected chi connectivity index (χ0v) is 9.97. The number of ether oxygens (including phenoxy) is 1. The first kappa shape index (κ1) is 11.1. The van der Waals surface area contributed by atoms with E-state index in [0.717, 1.165) is 15.2 Å². The number of allylic oxidation sites excluding steroid dienone is 1. The SMILES string of the molecule is CC=C(F)COc1ccc2sc(C)nc2c1. The van der Waals surface area contributed by atoms with Crippen LogP contribution in [-0.2, 0) is 0 Å². The van der Waals surface area contributed by atoms with Crippen molar-refractivity contribution in [1.29, 1.82) is 0 Å². The fourth-order valence-corrected chi connectivity index (χ4v) is 2.16. The molecule has 84 valence electrons. The van der Waals surface area contributed by atoms with E-state index < -0.39 is 0 Å². The van der Waals surface area contributed by atoms with Crippen LogP contribution in [0.5, 0.6) is 5.75 Å². The van der Waals surface area contributed by atoms with Crippen LogP contribution in [0.3, 0.4) is 0 Å². The molecule has 16 heavy (non-hydrogen) atoms. The molecule has 0 aliphatic rings. The van der Waals surface area contributed by atoms with Gasteiger partial charge in [0.25, 0.3) is 0 Å². The summed E-state index contributed by atoms with van der Waals surface area (Å²) in [4.78, 5) is 4.35. The molecule has 1 heterocycles. The Kier molecular flexibility index (Phi) is 3.19. The Morgan fingerprint density at radius 2 is 2.38 bits per heavy atom. The first-order valence-electron chi connectivity index (χ1n) is 4.99. The Hall–Kier alpha value is -1.42. The molecule has 1 aromatic carbocycles. The van der Waals surface area contributed by atoms with Gasteiger partial charge in [0.15, 0.2) is 0 Å². The van der Waals surface area contributed by atoms with Gasteiger partial charge in [-0.15, -0.1) is 11.3 Å². The molecule has 0 bridgehead atoms. The van der Waals surface area contributed by atoms with Crippen molar-refractivity contribution in [2.75, 3.05) is 6.61 Å². The molecule has 0 unspecified atom stereocenters. The maximum absolute atomic E-state index is 12.9. The predicted octanol–water partition coefficient (Wildman–Crippen LogP) is 3.86. The van der Waals surface area contributed by atoms with Gasteiger partial charge >= 0.3 is 0 Å². The van der Waals surface area contributed by atoms with E-state index >= 15 is 0 Å². The van der Waals surface area contributed by atoms with Crippen LogP contribution in [0.1, 0.15) is 11.9 Å². The van der Waals surface area contributed by atoms with Crippen LogP contribution in [0.2, 0.25) is 0 Å². The van der Waals surface area contributed by atoms with E-state index in [-0.39, 0.29) is 12.4 Å². The molecule has 0 N–H and O–H groups in total. The smallest absolute Gasteiger partial charge is 0.139 e. The average molecular weight is 237 g/mol. The third-order valence-electron chi connectivity index (χ3n) is 2.16. The van der Waals surface area contributed by atoms with Gasteiger partial charge in [-0.3, -0.25) is 0 Å². The number of hydrogen-bond donors (Lipinski definition) is 0. The molecule has 0 fully saturated rings. The van der Waals surface area contributed by atoms with Crippen LogP contribution in [0.4, 0.5) is 4.39 Å². The highest BCUT2D eigenvalue weighted by molar-refractivity contribution is 7.18. The summed E-state index contributed by atoms with van der Waals surface area (Å²) < 4.78 is 19.3. The molecule has 0 amide bonds. The minimum absolute atomic E-state index is 0.0227. The van der Waals surface area contributed by atoms with E-state index in [1.165, 1.54) is 6.08 Å². The van der Waals surface area contributed by atoms with Gasteiger partial charge in [0.05, 0.1) is 15.2 Å². The molecule has 0 aliphatic carbocycles. The van der Waals surface area contributed by atoms with E-state index in [1.807, 2.05) is 25.1 Å². The zero-order valence-electron chi connectivity index (χ0n) is 9.16. The van der Waals surface area contributed by atoms with Crippen molar-refractivity contribution in [3.63, 3.8) is 0 Å². The Morgan fingerprint density at radius 3 is 3.12 bits per heavy atom. The lowest BCUT2D eigenvalue weighted by atomic mass is 10.3. The Labute approximate surface area is 97.4 Å². The van der Waals surface area contributed by atoms with Gasteiger partial charge in [0.1, 0.15) is 18.2 Å². The molecule has 0 radical (unpaired) electrons. The van der Waals surface area contributed by atoms with Crippen molar-refractivity contribution in [2.24, 2.45) is 0 Å². The lowest BCUT2D eigenvalue weighted by Gasteiger charge is -2.03. The highest BCUT2D eigenvalue weighted by Gasteiger charge is 2.03. The van der Waals surface area contributed by atoms with Gasteiger partial charge in [-0.1, -0.05) is 6.08 Å². The predicted molar refractivity (Wildman–Crippen MR) is 64.7 cm³/mol. The monoisotopic (exact) mass is 237 g/mol. The topological polar surface area (TPSA) is 22.1 Å². The number of halogens is 1. The molecular formula is C12H12FNOS. The zero-order chi connectivity index (χ0) is 11.5. The molecule has 0 atom stereocenters. The van der Waals surface area contributed by atoms with E-state index in [2.05, 4.69) is 4.98 Å². The van der Waals surface area contributed by atoms with Gasteiger partial charge in [-0.2, -0.15) is 0 Å². The van der Waals surface area contributed by atoms with E-state index in [0.29, 0.717) is 5.75 Å². The number of aromatic nitrogens is 1. The largest absolute Gasteiger partial charge is 0.486 e. The van der Waals surface area contributed by atoms with Gasteiger partial charge in [0, 0.05) is 6.07 Å². The summed E-state index contributed by atoms with van der Waals surface area (Å²) in [5, 5.41) is 1.02. The Morgan fingerprint density at radius 1 is 1.56 bits per heavy atom. The highest BCUT2D eigenvalue weighted by Crippen LogP contribution is 2.25. The quantitative estimate of drug-likeness (QED) is 0.808. The lowest BCUT2D eigenvalue weighted by molar-refractivity contribution is 0.319. The summed E-state index contributed by atoms with van der Waals surface area (Å²) in [6.45, 7) is 3.58. The van der Waals surface area contributed by atoms with Gasteiger partial charge in [-0.05, 0) is 26.0 Å². The average Bonchev–Trinajstić information content (AvgIpc) is 2.65. The van der Waals surface area contributed by atoms with Crippen LogP contribution in [0.15, 0.2) is 30.1 Å². The molecule has 0 saturated carbocycles. The van der Waals surface area contributed by atoms with Crippen LogP contribution in [0, 0.1) is 6.92 Å². The summed E-state index contributed by atoms with van der Waals surface area (Å²) in [6, 6.07) is 5.62.